The second kappa shape index (κ2) is 8.15. The molecule has 0 saturated carbocycles. The monoisotopic (exact) mass is 454 g/mol. The minimum Gasteiger partial charge on any atom is -0.478 e. The SMILES string of the molecule is Cc1cc([C@@H](C)Nc2ccccc2C(=O)O)c2oc(-c3ccc4cn(C)nc4n3)cc(=O)c2c1. The maximum absolute atomic E-state index is 13.1. The van der Waals surface area contributed by atoms with Gasteiger partial charge in [0.15, 0.2) is 16.8 Å². The second-order valence-electron chi connectivity index (χ2n) is 8.33. The van der Waals surface area contributed by atoms with Crippen molar-refractivity contribution in [2.75, 3.05) is 5.32 Å². The molecule has 0 aliphatic carbocycles. The van der Waals surface area contributed by atoms with Gasteiger partial charge in [-0.3, -0.25) is 9.48 Å². The molecular formula is C26H22N4O4. The Morgan fingerprint density at radius 3 is 2.74 bits per heavy atom. The van der Waals surface area contributed by atoms with Crippen molar-refractivity contribution in [1.29, 1.82) is 0 Å². The first-order chi connectivity index (χ1) is 16.3. The lowest BCUT2D eigenvalue weighted by Crippen LogP contribution is -2.12. The summed E-state index contributed by atoms with van der Waals surface area (Å²) in [5, 5.41) is 18.5. The predicted octanol–water partition coefficient (Wildman–Crippen LogP) is 4.92. The van der Waals surface area contributed by atoms with Gasteiger partial charge in [0, 0.05) is 35.9 Å². The Morgan fingerprint density at radius 1 is 1.15 bits per heavy atom. The molecule has 0 fully saturated rings. The summed E-state index contributed by atoms with van der Waals surface area (Å²) >= 11 is 0. The van der Waals surface area contributed by atoms with E-state index in [1.807, 2.05) is 39.2 Å². The molecular weight excluding hydrogens is 432 g/mol. The van der Waals surface area contributed by atoms with E-state index in [1.165, 1.54) is 6.07 Å². The Bertz CT molecular complexity index is 1630. The molecule has 0 saturated heterocycles. The third kappa shape index (κ3) is 3.79. The molecule has 0 unspecified atom stereocenters. The van der Waals surface area contributed by atoms with E-state index in [0.717, 1.165) is 16.5 Å². The van der Waals surface area contributed by atoms with Crippen LogP contribution in [0.3, 0.4) is 0 Å². The van der Waals surface area contributed by atoms with Gasteiger partial charge in [0.2, 0.25) is 0 Å². The van der Waals surface area contributed by atoms with E-state index in [1.54, 1.807) is 41.1 Å². The Morgan fingerprint density at radius 2 is 1.94 bits per heavy atom. The number of nitrogens with one attached hydrogen (secondary N) is 1. The number of hydrogen-bond donors (Lipinski definition) is 2. The number of para-hydroxylation sites is 1. The van der Waals surface area contributed by atoms with Gasteiger partial charge < -0.3 is 14.8 Å². The molecule has 34 heavy (non-hydrogen) atoms. The van der Waals surface area contributed by atoms with Crippen molar-refractivity contribution in [3.63, 3.8) is 0 Å². The molecule has 2 N–H and O–H groups in total. The van der Waals surface area contributed by atoms with Crippen LogP contribution in [-0.4, -0.2) is 25.8 Å². The van der Waals surface area contributed by atoms with Crippen molar-refractivity contribution in [2.24, 2.45) is 7.05 Å². The predicted molar refractivity (Wildman–Crippen MR) is 130 cm³/mol. The number of anilines is 1. The van der Waals surface area contributed by atoms with E-state index in [-0.39, 0.29) is 17.0 Å². The normalized spacial score (nSPS) is 12.2. The van der Waals surface area contributed by atoms with Gasteiger partial charge in [0.1, 0.15) is 11.3 Å². The molecule has 0 bridgehead atoms. The van der Waals surface area contributed by atoms with Crippen LogP contribution < -0.4 is 10.7 Å². The van der Waals surface area contributed by atoms with E-state index in [0.29, 0.717) is 33.8 Å². The number of hydrogen-bond acceptors (Lipinski definition) is 6. The van der Waals surface area contributed by atoms with Gasteiger partial charge in [-0.2, -0.15) is 5.10 Å². The summed E-state index contributed by atoms with van der Waals surface area (Å²) in [7, 11) is 1.82. The van der Waals surface area contributed by atoms with E-state index < -0.39 is 5.97 Å². The highest BCUT2D eigenvalue weighted by molar-refractivity contribution is 5.94. The number of carbonyl (C=O) groups is 1. The highest BCUT2D eigenvalue weighted by Crippen LogP contribution is 2.31. The maximum Gasteiger partial charge on any atom is 0.337 e. The quantitative estimate of drug-likeness (QED) is 0.388. The molecule has 2 aromatic carbocycles. The fraction of sp³-hybridized carbons (Fsp3) is 0.154. The summed E-state index contributed by atoms with van der Waals surface area (Å²) in [6.07, 6.45) is 1.87. The van der Waals surface area contributed by atoms with Gasteiger partial charge in [-0.25, -0.2) is 9.78 Å². The number of aromatic carboxylic acids is 1. The van der Waals surface area contributed by atoms with Crippen molar-refractivity contribution in [1.82, 2.24) is 14.8 Å². The smallest absolute Gasteiger partial charge is 0.337 e. The fourth-order valence-corrected chi connectivity index (χ4v) is 4.15. The number of aromatic nitrogens is 3. The first-order valence-electron chi connectivity index (χ1n) is 10.8. The molecule has 5 rings (SSSR count). The van der Waals surface area contributed by atoms with Crippen LogP contribution >= 0.6 is 0 Å². The number of nitrogens with zero attached hydrogens (tertiary/aromatic N) is 3. The number of benzene rings is 2. The highest BCUT2D eigenvalue weighted by Gasteiger charge is 2.19. The van der Waals surface area contributed by atoms with Gasteiger partial charge in [-0.05, 0) is 49.7 Å². The Labute approximate surface area is 194 Å². The minimum atomic E-state index is -1.02. The Balaban J connectivity index is 1.64. The molecule has 0 spiro atoms. The maximum atomic E-state index is 13.1. The van der Waals surface area contributed by atoms with Gasteiger partial charge in [-0.1, -0.05) is 18.2 Å². The van der Waals surface area contributed by atoms with E-state index in [2.05, 4.69) is 15.4 Å². The molecule has 0 radical (unpaired) electrons. The molecule has 5 aromatic rings. The van der Waals surface area contributed by atoms with Crippen LogP contribution in [0.5, 0.6) is 0 Å². The van der Waals surface area contributed by atoms with Gasteiger partial charge >= 0.3 is 5.97 Å². The summed E-state index contributed by atoms with van der Waals surface area (Å²) in [5.41, 5.74) is 3.62. The van der Waals surface area contributed by atoms with Crippen LogP contribution in [0, 0.1) is 6.92 Å². The minimum absolute atomic E-state index is 0.168. The molecule has 3 heterocycles. The number of aryl methyl sites for hydroxylation is 2. The van der Waals surface area contributed by atoms with E-state index in [4.69, 9.17) is 4.42 Å². The summed E-state index contributed by atoms with van der Waals surface area (Å²) in [5.74, 6) is -0.678. The van der Waals surface area contributed by atoms with Gasteiger partial charge in [-0.15, -0.1) is 0 Å². The zero-order valence-electron chi connectivity index (χ0n) is 18.9. The van der Waals surface area contributed by atoms with Crippen LogP contribution in [0.25, 0.3) is 33.5 Å². The highest BCUT2D eigenvalue weighted by atomic mass is 16.4. The lowest BCUT2D eigenvalue weighted by Gasteiger charge is -2.19. The first kappa shape index (κ1) is 21.4. The molecule has 3 aromatic heterocycles. The molecule has 8 heteroatoms. The topological polar surface area (TPSA) is 110 Å². The zero-order valence-corrected chi connectivity index (χ0v) is 18.9. The van der Waals surface area contributed by atoms with Gasteiger partial charge in [0.25, 0.3) is 0 Å². The lowest BCUT2D eigenvalue weighted by molar-refractivity contribution is 0.0698. The molecule has 0 aliphatic heterocycles. The fourth-order valence-electron chi connectivity index (χ4n) is 4.15. The average molecular weight is 454 g/mol. The molecule has 1 atom stereocenters. The summed E-state index contributed by atoms with van der Waals surface area (Å²) in [4.78, 5) is 29.3. The largest absolute Gasteiger partial charge is 0.478 e. The number of carboxylic acid groups (broad SMARTS) is 1. The van der Waals surface area contributed by atoms with Crippen LogP contribution in [0.2, 0.25) is 0 Å². The van der Waals surface area contributed by atoms with Crippen molar-refractivity contribution in [2.45, 2.75) is 19.9 Å². The summed E-state index contributed by atoms with van der Waals surface area (Å²) in [6.45, 7) is 3.81. The lowest BCUT2D eigenvalue weighted by atomic mass is 10.0. The molecule has 0 aliphatic rings. The van der Waals surface area contributed by atoms with Crippen LogP contribution in [0.15, 0.2) is 70.0 Å². The standard InChI is InChI=1S/C26H22N4O4/c1-14-10-18(15(2)27-20-7-5-4-6-17(20)26(32)33)24-19(11-14)22(31)12-23(34-24)21-9-8-16-13-30(3)29-25(16)28-21/h4-13,15,27H,1-3H3,(H,32,33)/t15-/m1/s1. The number of pyridine rings is 1. The average Bonchev–Trinajstić information content (AvgIpc) is 3.18. The number of fused-ring (bicyclic) bond motifs is 2. The number of carboxylic acids is 1. The first-order valence-corrected chi connectivity index (χ1v) is 10.8. The van der Waals surface area contributed by atoms with Crippen LogP contribution in [-0.2, 0) is 7.05 Å². The van der Waals surface area contributed by atoms with Crippen molar-refractivity contribution in [3.05, 3.63) is 87.7 Å². The van der Waals surface area contributed by atoms with Crippen LogP contribution in [0.1, 0.15) is 34.5 Å². The second-order valence-corrected chi connectivity index (χ2v) is 8.33. The third-order valence-corrected chi connectivity index (χ3v) is 5.73. The third-order valence-electron chi connectivity index (χ3n) is 5.73. The Hall–Kier alpha value is -4.46. The van der Waals surface area contributed by atoms with Gasteiger partial charge in [0.05, 0.1) is 17.0 Å². The summed E-state index contributed by atoms with van der Waals surface area (Å²) in [6, 6.07) is 15.2. The van der Waals surface area contributed by atoms with E-state index in [9.17, 15) is 14.7 Å². The van der Waals surface area contributed by atoms with Crippen LogP contribution in [0.4, 0.5) is 5.69 Å². The zero-order chi connectivity index (χ0) is 24.0. The van der Waals surface area contributed by atoms with Crippen molar-refractivity contribution in [3.8, 4) is 11.5 Å². The van der Waals surface area contributed by atoms with Crippen molar-refractivity contribution < 1.29 is 14.3 Å². The summed E-state index contributed by atoms with van der Waals surface area (Å²) < 4.78 is 7.94. The Kier molecular flexibility index (Phi) is 5.13. The van der Waals surface area contributed by atoms with E-state index >= 15 is 0 Å². The number of rotatable bonds is 5. The molecule has 8 nitrogen and oxygen atoms in total. The molecule has 0 amide bonds. The molecule has 170 valence electrons. The van der Waals surface area contributed by atoms with Crippen molar-refractivity contribution >= 4 is 33.7 Å².